The lowest BCUT2D eigenvalue weighted by Gasteiger charge is -2.17. The van der Waals surface area contributed by atoms with E-state index in [0.29, 0.717) is 18.1 Å². The molecule has 1 fully saturated rings. The number of hydrogen-bond donors (Lipinski definition) is 0. The van der Waals surface area contributed by atoms with Gasteiger partial charge in [0.15, 0.2) is 0 Å². The maximum atomic E-state index is 15.0. The van der Waals surface area contributed by atoms with Gasteiger partial charge in [-0.25, -0.2) is 8.78 Å². The predicted octanol–water partition coefficient (Wildman–Crippen LogP) is 10.6. The van der Waals surface area contributed by atoms with Crippen LogP contribution in [0.25, 0.3) is 11.1 Å². The van der Waals surface area contributed by atoms with Crippen LogP contribution in [0.4, 0.5) is 22.0 Å². The fraction of sp³-hybridized carbons (Fsp3) is 0.438. The van der Waals surface area contributed by atoms with Gasteiger partial charge in [0.05, 0.1) is 19.2 Å². The topological polar surface area (TPSA) is 47.9 Å². The van der Waals surface area contributed by atoms with E-state index in [1.54, 1.807) is 6.08 Å². The van der Waals surface area contributed by atoms with Crippen LogP contribution >= 0.6 is 0 Å². The minimum absolute atomic E-state index is 0.00565. The largest absolute Gasteiger partial charge is 0.493 e. The summed E-state index contributed by atoms with van der Waals surface area (Å²) < 4.78 is 82.0. The highest BCUT2D eigenvalue weighted by Crippen LogP contribution is 2.41. The second-order valence-electron chi connectivity index (χ2n) is 9.27. The maximum absolute atomic E-state index is 15.0. The van der Waals surface area contributed by atoms with E-state index in [2.05, 4.69) is 18.7 Å². The van der Waals surface area contributed by atoms with Crippen molar-refractivity contribution in [3.05, 3.63) is 93.6 Å². The van der Waals surface area contributed by atoms with Gasteiger partial charge in [-0.1, -0.05) is 58.0 Å². The standard InChI is InChI=1S/C29H31F5O2.C2H6.CH3NO/c1-5-7-10-35-24-15-25(29(32,33)34)28(27(31)16-24)21-8-9-26(30)23(14-21)17-36-19(4)13-22-12-18(3)11-20(22)6-2;1-2;1-2-3/h6,8-9,13-16,18H,4-5,7,10-12,17H2,1-3H3;1-2H3;1H3/b20-6-,22-13-;;. The van der Waals surface area contributed by atoms with Crippen LogP contribution in [-0.2, 0) is 17.5 Å². The molecule has 1 saturated carbocycles. The molecule has 0 bridgehead atoms. The first-order chi connectivity index (χ1) is 19.4. The molecule has 9 heteroatoms. The molecule has 2 aromatic carbocycles. The van der Waals surface area contributed by atoms with Crippen molar-refractivity contribution >= 4 is 0 Å². The Hall–Kier alpha value is -3.49. The number of halogens is 5. The van der Waals surface area contributed by atoms with Crippen molar-refractivity contribution in [2.45, 2.75) is 73.1 Å². The lowest BCUT2D eigenvalue weighted by molar-refractivity contribution is -0.137. The van der Waals surface area contributed by atoms with Crippen molar-refractivity contribution in [3.63, 3.8) is 0 Å². The van der Waals surface area contributed by atoms with E-state index in [9.17, 15) is 22.0 Å². The fourth-order valence-electron chi connectivity index (χ4n) is 4.30. The summed E-state index contributed by atoms with van der Waals surface area (Å²) in [5.41, 5.74) is 0.347. The van der Waals surface area contributed by atoms with Crippen LogP contribution in [-0.4, -0.2) is 13.7 Å². The first-order valence-electron chi connectivity index (χ1n) is 13.7. The van der Waals surface area contributed by atoms with Gasteiger partial charge < -0.3 is 9.47 Å². The second kappa shape index (κ2) is 17.4. The monoisotopic (exact) mass is 581 g/mol. The minimum Gasteiger partial charge on any atom is -0.493 e. The molecular weight excluding hydrogens is 541 g/mol. The first kappa shape index (κ1) is 35.5. The Labute approximate surface area is 239 Å². The summed E-state index contributed by atoms with van der Waals surface area (Å²) in [7, 11) is 1.19. The van der Waals surface area contributed by atoms with Crippen LogP contribution < -0.4 is 4.74 Å². The summed E-state index contributed by atoms with van der Waals surface area (Å²) in [6.07, 6.45) is 2.26. The molecule has 1 aliphatic rings. The number of nitroso groups, excluding NO2 is 1. The molecule has 0 amide bonds. The van der Waals surface area contributed by atoms with Gasteiger partial charge in [-0.2, -0.15) is 18.1 Å². The Morgan fingerprint density at radius 1 is 1.10 bits per heavy atom. The maximum Gasteiger partial charge on any atom is 0.417 e. The van der Waals surface area contributed by atoms with Crippen LogP contribution in [0.3, 0.4) is 0 Å². The van der Waals surface area contributed by atoms with Crippen molar-refractivity contribution in [1.29, 1.82) is 0 Å². The molecule has 0 aromatic heterocycles. The molecule has 0 saturated heterocycles. The Kier molecular flexibility index (Phi) is 15.0. The Morgan fingerprint density at radius 2 is 1.73 bits per heavy atom. The van der Waals surface area contributed by atoms with E-state index < -0.39 is 28.9 Å². The second-order valence-corrected chi connectivity index (χ2v) is 9.27. The van der Waals surface area contributed by atoms with Crippen LogP contribution in [0.15, 0.2) is 71.1 Å². The van der Waals surface area contributed by atoms with Gasteiger partial charge in [-0.15, -0.1) is 0 Å². The van der Waals surface area contributed by atoms with Crippen LogP contribution in [0.5, 0.6) is 5.75 Å². The van der Waals surface area contributed by atoms with Crippen molar-refractivity contribution in [2.75, 3.05) is 13.7 Å². The summed E-state index contributed by atoms with van der Waals surface area (Å²) in [6, 6.07) is 5.02. The number of alkyl halides is 3. The predicted molar refractivity (Wildman–Crippen MR) is 154 cm³/mol. The molecule has 1 atom stereocenters. The summed E-state index contributed by atoms with van der Waals surface area (Å²) in [6.45, 7) is 13.8. The van der Waals surface area contributed by atoms with Crippen molar-refractivity contribution in [3.8, 4) is 16.9 Å². The molecule has 41 heavy (non-hydrogen) atoms. The quantitative estimate of drug-likeness (QED) is 0.128. The van der Waals surface area contributed by atoms with Crippen LogP contribution in [0.2, 0.25) is 0 Å². The fourth-order valence-corrected chi connectivity index (χ4v) is 4.30. The van der Waals surface area contributed by atoms with Crippen LogP contribution in [0, 0.1) is 22.5 Å². The summed E-state index contributed by atoms with van der Waals surface area (Å²) in [4.78, 5) is 8.56. The number of unbranched alkanes of at least 4 members (excludes halogenated alkanes) is 1. The van der Waals surface area contributed by atoms with Gasteiger partial charge in [-0.3, -0.25) is 0 Å². The van der Waals surface area contributed by atoms with E-state index in [1.165, 1.54) is 18.7 Å². The van der Waals surface area contributed by atoms with Gasteiger partial charge in [0.25, 0.3) is 0 Å². The molecule has 0 radical (unpaired) electrons. The molecule has 1 aliphatic carbocycles. The highest BCUT2D eigenvalue weighted by Gasteiger charge is 2.36. The van der Waals surface area contributed by atoms with E-state index in [1.807, 2.05) is 33.8 Å². The molecular formula is C32H40F5NO3. The van der Waals surface area contributed by atoms with Crippen molar-refractivity contribution in [2.24, 2.45) is 11.1 Å². The molecule has 0 N–H and O–H groups in total. The smallest absolute Gasteiger partial charge is 0.417 e. The molecule has 3 rings (SSSR count). The zero-order valence-corrected chi connectivity index (χ0v) is 24.6. The molecule has 2 aromatic rings. The van der Waals surface area contributed by atoms with Crippen molar-refractivity contribution in [1.82, 2.24) is 0 Å². The molecule has 226 valence electrons. The summed E-state index contributed by atoms with van der Waals surface area (Å²) >= 11 is 0. The number of allylic oxidation sites excluding steroid dienone is 4. The lowest BCUT2D eigenvalue weighted by Crippen LogP contribution is -2.10. The molecule has 0 heterocycles. The molecule has 1 unspecified atom stereocenters. The third kappa shape index (κ3) is 10.8. The third-order valence-electron chi connectivity index (χ3n) is 6.12. The van der Waals surface area contributed by atoms with E-state index in [-0.39, 0.29) is 30.1 Å². The highest BCUT2D eigenvalue weighted by molar-refractivity contribution is 5.70. The normalized spacial score (nSPS) is 16.4. The SMILES string of the molecule is C=C(/C=C1/CC(C)C/C1=C/C)OCc1cc(-c2c(F)cc(OCCCC)cc2C(F)(F)F)ccc1F.CC.CN=O. The number of ether oxygens (including phenoxy) is 2. The Bertz CT molecular complexity index is 1220. The number of hydrogen-bond acceptors (Lipinski definition) is 4. The Morgan fingerprint density at radius 3 is 2.32 bits per heavy atom. The average Bonchev–Trinajstić information content (AvgIpc) is 3.28. The Balaban J connectivity index is 0.00000157. The lowest BCUT2D eigenvalue weighted by atomic mass is 9.96. The molecule has 0 spiro atoms. The summed E-state index contributed by atoms with van der Waals surface area (Å²) in [5.74, 6) is -1.15. The summed E-state index contributed by atoms with van der Waals surface area (Å²) in [5, 5.41) is 2.25. The highest BCUT2D eigenvalue weighted by atomic mass is 19.4. The van der Waals surface area contributed by atoms with Gasteiger partial charge in [0.1, 0.15) is 29.8 Å². The van der Waals surface area contributed by atoms with Gasteiger partial charge in [-0.05, 0) is 73.1 Å². The molecule has 4 nitrogen and oxygen atoms in total. The average molecular weight is 582 g/mol. The first-order valence-corrected chi connectivity index (χ1v) is 13.7. The van der Waals surface area contributed by atoms with Gasteiger partial charge in [0, 0.05) is 17.2 Å². The van der Waals surface area contributed by atoms with E-state index in [4.69, 9.17) is 14.4 Å². The van der Waals surface area contributed by atoms with Gasteiger partial charge in [0.2, 0.25) is 0 Å². The van der Waals surface area contributed by atoms with Crippen LogP contribution in [0.1, 0.15) is 71.4 Å². The number of benzene rings is 2. The zero-order valence-electron chi connectivity index (χ0n) is 24.6. The number of nitrogens with zero attached hydrogens (tertiary/aromatic N) is 1. The zero-order chi connectivity index (χ0) is 31.2. The van der Waals surface area contributed by atoms with Gasteiger partial charge >= 0.3 is 6.18 Å². The minimum atomic E-state index is -4.84. The third-order valence-corrected chi connectivity index (χ3v) is 6.12. The molecule has 0 aliphatic heterocycles. The van der Waals surface area contributed by atoms with E-state index in [0.717, 1.165) is 49.1 Å². The number of rotatable bonds is 9. The van der Waals surface area contributed by atoms with E-state index >= 15 is 0 Å². The van der Waals surface area contributed by atoms with Crippen molar-refractivity contribution < 1.29 is 31.4 Å².